The minimum Gasteiger partial charge on any atom is -0.469 e. The van der Waals surface area contributed by atoms with Crippen LogP contribution < -0.4 is 5.32 Å². The molecule has 2 fully saturated rings. The van der Waals surface area contributed by atoms with Crippen LogP contribution in [0, 0.1) is 5.92 Å². The molecule has 2 saturated heterocycles. The summed E-state index contributed by atoms with van der Waals surface area (Å²) in [6.07, 6.45) is 2.98. The van der Waals surface area contributed by atoms with E-state index in [-0.39, 0.29) is 23.4 Å². The molecule has 142 valence electrons. The molecule has 3 aliphatic heterocycles. The number of benzene rings is 1. The molecule has 1 N–H and O–H groups in total. The third kappa shape index (κ3) is 2.10. The lowest BCUT2D eigenvalue weighted by Gasteiger charge is -2.41. The van der Waals surface area contributed by atoms with Crippen LogP contribution in [0.1, 0.15) is 31.2 Å². The van der Waals surface area contributed by atoms with E-state index in [9.17, 15) is 9.59 Å². The van der Waals surface area contributed by atoms with Crippen molar-refractivity contribution in [1.82, 2.24) is 4.90 Å². The fourth-order valence-electron chi connectivity index (χ4n) is 6.19. The van der Waals surface area contributed by atoms with Gasteiger partial charge in [0.25, 0.3) is 0 Å². The van der Waals surface area contributed by atoms with Gasteiger partial charge in [-0.05, 0) is 36.8 Å². The second-order valence-electron chi connectivity index (χ2n) is 8.05. The number of hydrogen-bond donors (Lipinski definition) is 1. The van der Waals surface area contributed by atoms with Crippen molar-refractivity contribution in [3.63, 3.8) is 0 Å². The van der Waals surface area contributed by atoms with Crippen LogP contribution in [-0.2, 0) is 24.5 Å². The van der Waals surface area contributed by atoms with Gasteiger partial charge in [0, 0.05) is 30.0 Å². The first-order chi connectivity index (χ1) is 13.1. The number of ether oxygens (including phenoxy) is 2. The molecule has 0 aromatic heterocycles. The molecule has 1 aromatic rings. The van der Waals surface area contributed by atoms with Crippen molar-refractivity contribution in [3.05, 3.63) is 41.1 Å². The Balaban J connectivity index is 1.64. The SMILES string of the molecule is COC(=O)C[C@H]1C[C@@H]2CC(C(=O)OC)=C3Nc4ccccc4[C@]34CCN1[C@H]24. The lowest BCUT2D eigenvalue weighted by molar-refractivity contribution is -0.142. The third-order valence-corrected chi connectivity index (χ3v) is 7.06. The van der Waals surface area contributed by atoms with Crippen molar-refractivity contribution < 1.29 is 19.1 Å². The molecular formula is C21H24N2O4. The van der Waals surface area contributed by atoms with E-state index in [1.54, 1.807) is 0 Å². The largest absolute Gasteiger partial charge is 0.469 e. The van der Waals surface area contributed by atoms with Crippen LogP contribution in [-0.4, -0.2) is 49.7 Å². The predicted octanol–water partition coefficient (Wildman–Crippen LogP) is 2.21. The summed E-state index contributed by atoms with van der Waals surface area (Å²) < 4.78 is 10.1. The van der Waals surface area contributed by atoms with Crippen LogP contribution in [0.15, 0.2) is 35.5 Å². The molecular weight excluding hydrogens is 344 g/mol. The van der Waals surface area contributed by atoms with Crippen molar-refractivity contribution in [2.24, 2.45) is 5.92 Å². The van der Waals surface area contributed by atoms with E-state index in [1.807, 2.05) is 6.07 Å². The van der Waals surface area contributed by atoms with Crippen LogP contribution in [0.4, 0.5) is 5.69 Å². The van der Waals surface area contributed by atoms with Gasteiger partial charge in [-0.15, -0.1) is 0 Å². The minimum atomic E-state index is -0.238. The van der Waals surface area contributed by atoms with E-state index in [4.69, 9.17) is 9.47 Å². The summed E-state index contributed by atoms with van der Waals surface area (Å²) in [6.45, 7) is 0.927. The molecule has 0 radical (unpaired) electrons. The Kier molecular flexibility index (Phi) is 3.63. The lowest BCUT2D eigenvalue weighted by Crippen LogP contribution is -2.48. The van der Waals surface area contributed by atoms with Crippen molar-refractivity contribution in [2.45, 2.75) is 43.2 Å². The monoisotopic (exact) mass is 368 g/mol. The van der Waals surface area contributed by atoms with Crippen LogP contribution in [0.2, 0.25) is 0 Å². The first-order valence-corrected chi connectivity index (χ1v) is 9.61. The lowest BCUT2D eigenvalue weighted by atomic mass is 9.63. The number of carbonyl (C=O) groups is 2. The Morgan fingerprint density at radius 3 is 2.85 bits per heavy atom. The van der Waals surface area contributed by atoms with Gasteiger partial charge < -0.3 is 14.8 Å². The molecule has 4 atom stereocenters. The van der Waals surface area contributed by atoms with Crippen molar-refractivity contribution in [3.8, 4) is 0 Å². The Morgan fingerprint density at radius 2 is 2.07 bits per heavy atom. The Hall–Kier alpha value is -2.34. The standard InChI is InChI=1S/C21H24N2O4/c1-26-17(24)11-13-9-12-10-14(20(25)27-2)18-21(7-8-23(13)19(12)21)15-5-3-4-6-16(15)22-18/h3-6,12-13,19,22H,7-11H2,1-2H3/t12-,13-,19-,21-/m1/s1. The summed E-state index contributed by atoms with van der Waals surface area (Å²) in [4.78, 5) is 27.1. The molecule has 0 saturated carbocycles. The molecule has 1 spiro atoms. The zero-order valence-electron chi connectivity index (χ0n) is 15.7. The molecule has 4 aliphatic rings. The summed E-state index contributed by atoms with van der Waals surface area (Å²) in [6, 6.07) is 8.86. The quantitative estimate of drug-likeness (QED) is 0.825. The van der Waals surface area contributed by atoms with E-state index in [1.165, 1.54) is 19.8 Å². The summed E-state index contributed by atoms with van der Waals surface area (Å²) in [5.41, 5.74) is 3.96. The molecule has 3 heterocycles. The van der Waals surface area contributed by atoms with Crippen LogP contribution in [0.5, 0.6) is 0 Å². The van der Waals surface area contributed by atoms with Crippen LogP contribution in [0.3, 0.4) is 0 Å². The summed E-state index contributed by atoms with van der Waals surface area (Å²) in [5.74, 6) is -0.0584. The number of nitrogens with one attached hydrogen (secondary N) is 1. The van der Waals surface area contributed by atoms with E-state index in [0.29, 0.717) is 24.8 Å². The number of methoxy groups -OCH3 is 2. The Morgan fingerprint density at radius 1 is 1.26 bits per heavy atom. The first-order valence-electron chi connectivity index (χ1n) is 9.61. The van der Waals surface area contributed by atoms with Crippen LogP contribution in [0.25, 0.3) is 0 Å². The Bertz CT molecular complexity index is 863. The molecule has 1 aliphatic carbocycles. The number of anilines is 1. The number of esters is 2. The van der Waals surface area contributed by atoms with E-state index < -0.39 is 0 Å². The van der Waals surface area contributed by atoms with Gasteiger partial charge in [0.15, 0.2) is 0 Å². The highest BCUT2D eigenvalue weighted by molar-refractivity contribution is 5.93. The Labute approximate surface area is 158 Å². The predicted molar refractivity (Wildman–Crippen MR) is 99.0 cm³/mol. The summed E-state index contributed by atoms with van der Waals surface area (Å²) in [7, 11) is 2.90. The normalized spacial score (nSPS) is 33.2. The molecule has 5 rings (SSSR count). The van der Waals surface area contributed by atoms with Crippen molar-refractivity contribution in [1.29, 1.82) is 0 Å². The highest BCUT2D eigenvalue weighted by Crippen LogP contribution is 2.62. The number of fused-ring (bicyclic) bond motifs is 1. The second-order valence-corrected chi connectivity index (χ2v) is 8.05. The average molecular weight is 368 g/mol. The molecule has 0 bridgehead atoms. The van der Waals surface area contributed by atoms with Crippen LogP contribution >= 0.6 is 0 Å². The van der Waals surface area contributed by atoms with E-state index in [2.05, 4.69) is 28.4 Å². The number of carbonyl (C=O) groups excluding carboxylic acids is 2. The average Bonchev–Trinajstić information content (AvgIpc) is 3.35. The topological polar surface area (TPSA) is 67.9 Å². The van der Waals surface area contributed by atoms with Crippen molar-refractivity contribution in [2.75, 3.05) is 26.1 Å². The highest BCUT2D eigenvalue weighted by atomic mass is 16.5. The molecule has 0 unspecified atom stereocenters. The van der Waals surface area contributed by atoms with Gasteiger partial charge in [-0.3, -0.25) is 9.69 Å². The van der Waals surface area contributed by atoms with E-state index in [0.717, 1.165) is 36.3 Å². The molecule has 27 heavy (non-hydrogen) atoms. The maximum absolute atomic E-state index is 12.6. The zero-order chi connectivity index (χ0) is 18.8. The fourth-order valence-corrected chi connectivity index (χ4v) is 6.19. The third-order valence-electron chi connectivity index (χ3n) is 7.06. The maximum atomic E-state index is 12.6. The van der Waals surface area contributed by atoms with Gasteiger partial charge in [0.1, 0.15) is 0 Å². The molecule has 1 aromatic carbocycles. The number of nitrogens with zero attached hydrogens (tertiary/aromatic N) is 1. The number of hydrogen-bond acceptors (Lipinski definition) is 6. The van der Waals surface area contributed by atoms with Gasteiger partial charge in [-0.1, -0.05) is 18.2 Å². The smallest absolute Gasteiger partial charge is 0.335 e. The molecule has 0 amide bonds. The molecule has 6 nitrogen and oxygen atoms in total. The summed E-state index contributed by atoms with van der Waals surface area (Å²) in [5, 5.41) is 3.56. The van der Waals surface area contributed by atoms with E-state index >= 15 is 0 Å². The number of rotatable bonds is 3. The van der Waals surface area contributed by atoms with Gasteiger partial charge in [0.05, 0.1) is 31.6 Å². The fraction of sp³-hybridized carbons (Fsp3) is 0.524. The van der Waals surface area contributed by atoms with Gasteiger partial charge >= 0.3 is 11.9 Å². The van der Waals surface area contributed by atoms with Gasteiger partial charge in [-0.25, -0.2) is 4.79 Å². The molecule has 6 heteroatoms. The van der Waals surface area contributed by atoms with Gasteiger partial charge in [-0.2, -0.15) is 0 Å². The van der Waals surface area contributed by atoms with Crippen molar-refractivity contribution >= 4 is 17.6 Å². The minimum absolute atomic E-state index is 0.161. The van der Waals surface area contributed by atoms with Gasteiger partial charge in [0.2, 0.25) is 0 Å². The summed E-state index contributed by atoms with van der Waals surface area (Å²) >= 11 is 0. The second kappa shape index (κ2) is 5.83. The first kappa shape index (κ1) is 16.8. The number of para-hydroxylation sites is 1. The zero-order valence-corrected chi connectivity index (χ0v) is 15.7. The maximum Gasteiger partial charge on any atom is 0.335 e. The highest BCUT2D eigenvalue weighted by Gasteiger charge is 2.64.